The summed E-state index contributed by atoms with van der Waals surface area (Å²) in [6, 6.07) is 2.07. The Morgan fingerprint density at radius 3 is 2.71 bits per heavy atom. The summed E-state index contributed by atoms with van der Waals surface area (Å²) in [6.45, 7) is 0.529. The monoisotopic (exact) mass is 255 g/mol. The highest BCUT2D eigenvalue weighted by Gasteiger charge is 2.48. The lowest BCUT2D eigenvalue weighted by molar-refractivity contribution is 0.0724. The SMILES string of the molecule is CS(=O)(=O)N1CC(CC#N)(n2cc(N)cn2)C1. The van der Waals surface area contributed by atoms with Crippen LogP contribution in [-0.4, -0.2) is 41.8 Å². The topological polar surface area (TPSA) is 105 Å². The number of anilines is 1. The average Bonchev–Trinajstić information content (AvgIpc) is 2.56. The van der Waals surface area contributed by atoms with E-state index in [1.165, 1.54) is 10.5 Å². The van der Waals surface area contributed by atoms with Crippen molar-refractivity contribution in [3.63, 3.8) is 0 Å². The first-order valence-corrected chi connectivity index (χ1v) is 6.85. The molecule has 17 heavy (non-hydrogen) atoms. The summed E-state index contributed by atoms with van der Waals surface area (Å²) >= 11 is 0. The molecule has 8 heteroatoms. The van der Waals surface area contributed by atoms with Crippen molar-refractivity contribution in [2.24, 2.45) is 0 Å². The van der Waals surface area contributed by atoms with Crippen molar-refractivity contribution in [1.82, 2.24) is 14.1 Å². The summed E-state index contributed by atoms with van der Waals surface area (Å²) in [7, 11) is -3.21. The Balaban J connectivity index is 2.25. The van der Waals surface area contributed by atoms with Gasteiger partial charge in [-0.2, -0.15) is 14.7 Å². The maximum atomic E-state index is 11.3. The third kappa shape index (κ3) is 1.99. The largest absolute Gasteiger partial charge is 0.396 e. The number of sulfonamides is 1. The van der Waals surface area contributed by atoms with E-state index in [1.54, 1.807) is 10.9 Å². The van der Waals surface area contributed by atoms with Crippen molar-refractivity contribution in [2.75, 3.05) is 25.1 Å². The van der Waals surface area contributed by atoms with Crippen LogP contribution in [0.5, 0.6) is 0 Å². The summed E-state index contributed by atoms with van der Waals surface area (Å²) in [4.78, 5) is 0. The molecule has 2 heterocycles. The number of nitrogen functional groups attached to an aromatic ring is 1. The minimum Gasteiger partial charge on any atom is -0.396 e. The van der Waals surface area contributed by atoms with Crippen molar-refractivity contribution in [2.45, 2.75) is 12.0 Å². The molecule has 2 rings (SSSR count). The van der Waals surface area contributed by atoms with Crippen LogP contribution in [0, 0.1) is 11.3 Å². The van der Waals surface area contributed by atoms with E-state index in [-0.39, 0.29) is 19.5 Å². The van der Waals surface area contributed by atoms with Crippen LogP contribution in [0.1, 0.15) is 6.42 Å². The number of aromatic nitrogens is 2. The highest BCUT2D eigenvalue weighted by Crippen LogP contribution is 2.33. The van der Waals surface area contributed by atoms with E-state index in [0.717, 1.165) is 6.26 Å². The van der Waals surface area contributed by atoms with Crippen molar-refractivity contribution < 1.29 is 8.42 Å². The van der Waals surface area contributed by atoms with Crippen LogP contribution in [0.3, 0.4) is 0 Å². The van der Waals surface area contributed by atoms with Gasteiger partial charge in [0.05, 0.1) is 30.6 Å². The van der Waals surface area contributed by atoms with Gasteiger partial charge in [0, 0.05) is 19.3 Å². The van der Waals surface area contributed by atoms with Gasteiger partial charge in [-0.1, -0.05) is 0 Å². The Morgan fingerprint density at radius 2 is 2.29 bits per heavy atom. The lowest BCUT2D eigenvalue weighted by Gasteiger charge is -2.47. The van der Waals surface area contributed by atoms with Gasteiger partial charge < -0.3 is 5.73 Å². The van der Waals surface area contributed by atoms with Gasteiger partial charge in [-0.3, -0.25) is 4.68 Å². The fourth-order valence-corrected chi connectivity index (χ4v) is 2.88. The molecular weight excluding hydrogens is 242 g/mol. The molecule has 0 unspecified atom stereocenters. The summed E-state index contributed by atoms with van der Waals surface area (Å²) in [6.07, 6.45) is 4.47. The Kier molecular flexibility index (Phi) is 2.60. The predicted octanol–water partition coefficient (Wildman–Crippen LogP) is -0.651. The molecule has 1 aromatic rings. The zero-order chi connectivity index (χ0) is 12.7. The van der Waals surface area contributed by atoms with E-state index in [0.29, 0.717) is 5.69 Å². The zero-order valence-corrected chi connectivity index (χ0v) is 10.2. The molecule has 1 aliphatic heterocycles. The normalized spacial score (nSPS) is 19.5. The minimum absolute atomic E-state index is 0.208. The summed E-state index contributed by atoms with van der Waals surface area (Å²) in [5, 5.41) is 12.9. The van der Waals surface area contributed by atoms with Gasteiger partial charge in [-0.25, -0.2) is 8.42 Å². The maximum absolute atomic E-state index is 11.3. The summed E-state index contributed by atoms with van der Waals surface area (Å²) < 4.78 is 25.6. The van der Waals surface area contributed by atoms with Gasteiger partial charge in [0.15, 0.2) is 0 Å². The standard InChI is InChI=1S/C9H13N5O2S/c1-17(15,16)13-6-9(7-13,2-3-10)14-5-8(11)4-12-14/h4-5H,2,6-7,11H2,1H3. The molecule has 0 amide bonds. The van der Waals surface area contributed by atoms with Gasteiger partial charge in [0.25, 0.3) is 0 Å². The van der Waals surface area contributed by atoms with E-state index in [1.807, 2.05) is 0 Å². The molecule has 1 fully saturated rings. The first kappa shape index (κ1) is 11.9. The lowest BCUT2D eigenvalue weighted by atomic mass is 9.89. The van der Waals surface area contributed by atoms with E-state index in [9.17, 15) is 8.42 Å². The second-order valence-electron chi connectivity index (χ2n) is 4.31. The van der Waals surface area contributed by atoms with Crippen LogP contribution in [-0.2, 0) is 15.6 Å². The minimum atomic E-state index is -3.21. The number of nitriles is 1. The van der Waals surface area contributed by atoms with Crippen molar-refractivity contribution in [3.8, 4) is 6.07 Å². The second-order valence-corrected chi connectivity index (χ2v) is 6.29. The Labute approximate surface area is 99.5 Å². The number of hydrogen-bond acceptors (Lipinski definition) is 5. The van der Waals surface area contributed by atoms with E-state index < -0.39 is 15.6 Å². The Bertz CT molecular complexity index is 564. The van der Waals surface area contributed by atoms with Crippen molar-refractivity contribution >= 4 is 15.7 Å². The molecule has 0 spiro atoms. The number of nitrogens with zero attached hydrogens (tertiary/aromatic N) is 4. The van der Waals surface area contributed by atoms with Gasteiger partial charge in [-0.15, -0.1) is 0 Å². The molecule has 0 aromatic carbocycles. The van der Waals surface area contributed by atoms with Crippen LogP contribution < -0.4 is 5.73 Å². The van der Waals surface area contributed by atoms with E-state index >= 15 is 0 Å². The van der Waals surface area contributed by atoms with Crippen LogP contribution >= 0.6 is 0 Å². The first-order chi connectivity index (χ1) is 7.87. The predicted molar refractivity (Wildman–Crippen MR) is 61.3 cm³/mol. The highest BCUT2D eigenvalue weighted by atomic mass is 32.2. The molecule has 1 aliphatic rings. The molecule has 1 saturated heterocycles. The Hall–Kier alpha value is -1.59. The average molecular weight is 255 g/mol. The van der Waals surface area contributed by atoms with Gasteiger partial charge >= 0.3 is 0 Å². The quantitative estimate of drug-likeness (QED) is 0.772. The molecule has 0 atom stereocenters. The fraction of sp³-hybridized carbons (Fsp3) is 0.556. The smallest absolute Gasteiger partial charge is 0.211 e. The third-order valence-electron chi connectivity index (χ3n) is 2.91. The second kappa shape index (κ2) is 3.72. The highest BCUT2D eigenvalue weighted by molar-refractivity contribution is 7.88. The molecule has 92 valence electrons. The summed E-state index contributed by atoms with van der Waals surface area (Å²) in [5.74, 6) is 0. The molecule has 1 aromatic heterocycles. The molecular formula is C9H13N5O2S. The fourth-order valence-electron chi connectivity index (χ4n) is 1.93. The van der Waals surface area contributed by atoms with Crippen LogP contribution in [0.15, 0.2) is 12.4 Å². The van der Waals surface area contributed by atoms with Crippen LogP contribution in [0.4, 0.5) is 5.69 Å². The zero-order valence-electron chi connectivity index (χ0n) is 9.37. The van der Waals surface area contributed by atoms with Gasteiger partial charge in [0.2, 0.25) is 10.0 Å². The maximum Gasteiger partial charge on any atom is 0.211 e. The molecule has 0 saturated carbocycles. The molecule has 0 radical (unpaired) electrons. The third-order valence-corrected chi connectivity index (χ3v) is 4.10. The van der Waals surface area contributed by atoms with Crippen molar-refractivity contribution in [3.05, 3.63) is 12.4 Å². The summed E-state index contributed by atoms with van der Waals surface area (Å²) in [5.41, 5.74) is 5.50. The molecule has 0 aliphatic carbocycles. The number of rotatable bonds is 3. The number of hydrogen-bond donors (Lipinski definition) is 1. The Morgan fingerprint density at radius 1 is 1.65 bits per heavy atom. The lowest BCUT2D eigenvalue weighted by Crippen LogP contribution is -2.63. The number of nitrogens with two attached hydrogens (primary N) is 1. The van der Waals surface area contributed by atoms with Crippen LogP contribution in [0.2, 0.25) is 0 Å². The first-order valence-electron chi connectivity index (χ1n) is 5.00. The molecule has 2 N–H and O–H groups in total. The molecule has 7 nitrogen and oxygen atoms in total. The van der Waals surface area contributed by atoms with E-state index in [2.05, 4.69) is 11.2 Å². The van der Waals surface area contributed by atoms with Gasteiger partial charge in [0.1, 0.15) is 5.54 Å². The molecule has 0 bridgehead atoms. The van der Waals surface area contributed by atoms with Crippen LogP contribution in [0.25, 0.3) is 0 Å². The van der Waals surface area contributed by atoms with E-state index in [4.69, 9.17) is 11.0 Å². The van der Waals surface area contributed by atoms with Crippen molar-refractivity contribution in [1.29, 1.82) is 5.26 Å². The van der Waals surface area contributed by atoms with Gasteiger partial charge in [-0.05, 0) is 0 Å².